The minimum atomic E-state index is -4.69. The Balaban J connectivity index is 1.86. The van der Waals surface area contributed by atoms with Crippen molar-refractivity contribution >= 4 is 34.8 Å². The van der Waals surface area contributed by atoms with Crippen molar-refractivity contribution in [3.8, 4) is 0 Å². The van der Waals surface area contributed by atoms with E-state index in [0.29, 0.717) is 16.8 Å². The van der Waals surface area contributed by atoms with E-state index in [4.69, 9.17) is 5.73 Å². The highest BCUT2D eigenvalue weighted by atomic mass is 32.2. The smallest absolute Gasteiger partial charge is 0.382 e. The molecule has 3 heterocycles. The van der Waals surface area contributed by atoms with Crippen LogP contribution in [-0.4, -0.2) is 26.0 Å². The predicted molar refractivity (Wildman–Crippen MR) is 103 cm³/mol. The van der Waals surface area contributed by atoms with Gasteiger partial charge < -0.3 is 11.1 Å². The summed E-state index contributed by atoms with van der Waals surface area (Å²) in [5.41, 5.74) is 3.54. The minimum Gasteiger partial charge on any atom is -0.382 e. The Morgan fingerprint density at radius 1 is 1.13 bits per heavy atom. The van der Waals surface area contributed by atoms with Crippen LogP contribution < -0.4 is 11.1 Å². The molecule has 0 fully saturated rings. The molecule has 1 amide bonds. The molecule has 0 aromatic carbocycles. The Morgan fingerprint density at radius 2 is 1.84 bits per heavy atom. The number of rotatable bonds is 5. The number of fused-ring (bicyclic) bond motifs is 1. The summed E-state index contributed by atoms with van der Waals surface area (Å²) >= 11 is 1.28. The van der Waals surface area contributed by atoms with Crippen molar-refractivity contribution in [2.24, 2.45) is 0 Å². The Labute approximate surface area is 175 Å². The Bertz CT molecular complexity index is 1130. The second-order valence-corrected chi connectivity index (χ2v) is 7.54. The monoisotopic (exact) mass is 463 g/mol. The van der Waals surface area contributed by atoms with Crippen molar-refractivity contribution < 1.29 is 31.1 Å². The lowest BCUT2D eigenvalue weighted by Gasteiger charge is -2.11. The third kappa shape index (κ3) is 5.03. The van der Waals surface area contributed by atoms with E-state index in [0.717, 1.165) is 18.2 Å². The number of amides is 1. The largest absolute Gasteiger partial charge is 0.433 e. The van der Waals surface area contributed by atoms with Gasteiger partial charge in [0.25, 0.3) is 0 Å². The Hall–Kier alpha value is -2.96. The maximum atomic E-state index is 13.0. The van der Waals surface area contributed by atoms with E-state index in [1.54, 1.807) is 0 Å². The topological polar surface area (TPSA) is 85.3 Å². The van der Waals surface area contributed by atoms with Gasteiger partial charge in [0.1, 0.15) is 22.2 Å². The van der Waals surface area contributed by atoms with Crippen molar-refractivity contribution in [1.82, 2.24) is 14.4 Å². The van der Waals surface area contributed by atoms with Crippen LogP contribution in [0.3, 0.4) is 0 Å². The molecule has 6 nitrogen and oxygen atoms in total. The molecule has 166 valence electrons. The number of anilines is 2. The molecule has 0 atom stereocenters. The maximum Gasteiger partial charge on any atom is 0.433 e. The van der Waals surface area contributed by atoms with Gasteiger partial charge in [-0.2, -0.15) is 26.3 Å². The molecule has 0 aliphatic heterocycles. The van der Waals surface area contributed by atoms with Gasteiger partial charge in [-0.05, 0) is 30.0 Å². The van der Waals surface area contributed by atoms with Gasteiger partial charge in [-0.25, -0.2) is 9.97 Å². The first-order chi connectivity index (χ1) is 14.4. The number of thioether (sulfide) groups is 1. The SMILES string of the molecule is CCSc1c(CC(=O)Nc2ccc(C(F)(F)F)nc2N)nc2cc(C(F)(F)F)ccn12. The lowest BCUT2D eigenvalue weighted by molar-refractivity contribution is -0.141. The average molecular weight is 463 g/mol. The van der Waals surface area contributed by atoms with Crippen LogP contribution in [0, 0.1) is 0 Å². The Kier molecular flexibility index (Phi) is 6.07. The van der Waals surface area contributed by atoms with Gasteiger partial charge in [0.05, 0.1) is 23.4 Å². The van der Waals surface area contributed by atoms with Gasteiger partial charge in [0.15, 0.2) is 0 Å². The van der Waals surface area contributed by atoms with Gasteiger partial charge >= 0.3 is 12.4 Å². The minimum absolute atomic E-state index is 0.0179. The number of nitrogens with zero attached hydrogens (tertiary/aromatic N) is 3. The summed E-state index contributed by atoms with van der Waals surface area (Å²) in [7, 11) is 0. The van der Waals surface area contributed by atoms with E-state index in [1.165, 1.54) is 22.4 Å². The fraction of sp³-hybridized carbons (Fsp3) is 0.278. The van der Waals surface area contributed by atoms with Crippen LogP contribution in [0.15, 0.2) is 35.5 Å². The standard InChI is InChI=1S/C18H15F6N5OS/c1-2-31-16-11(26-13-7-9(17(19,20)21)5-6-29(13)16)8-14(30)27-10-3-4-12(18(22,23)24)28-15(10)25/h3-7H,2,8H2,1H3,(H2,25,28)(H,27,30). The van der Waals surface area contributed by atoms with E-state index in [9.17, 15) is 31.1 Å². The van der Waals surface area contributed by atoms with Crippen LogP contribution in [0.1, 0.15) is 23.9 Å². The molecule has 0 bridgehead atoms. The zero-order chi connectivity index (χ0) is 23.0. The molecule has 3 N–H and O–H groups in total. The number of imidazole rings is 1. The molecular formula is C18H15F6N5OS. The Morgan fingerprint density at radius 3 is 2.42 bits per heavy atom. The number of hydrogen-bond donors (Lipinski definition) is 2. The second kappa shape index (κ2) is 8.29. The van der Waals surface area contributed by atoms with Crippen LogP contribution in [0.4, 0.5) is 37.8 Å². The number of pyridine rings is 2. The number of hydrogen-bond acceptors (Lipinski definition) is 5. The maximum absolute atomic E-state index is 13.0. The third-order valence-electron chi connectivity index (χ3n) is 4.08. The van der Waals surface area contributed by atoms with Crippen LogP contribution in [0.2, 0.25) is 0 Å². The summed E-state index contributed by atoms with van der Waals surface area (Å²) in [6.07, 6.45) is -8.33. The van der Waals surface area contributed by atoms with E-state index in [-0.39, 0.29) is 23.4 Å². The number of nitrogen functional groups attached to an aromatic ring is 1. The van der Waals surface area contributed by atoms with Crippen LogP contribution >= 0.6 is 11.8 Å². The van der Waals surface area contributed by atoms with Crippen LogP contribution in [0.5, 0.6) is 0 Å². The molecular weight excluding hydrogens is 448 g/mol. The summed E-state index contributed by atoms with van der Waals surface area (Å²) in [5.74, 6) is -0.610. The van der Waals surface area contributed by atoms with Crippen molar-refractivity contribution in [2.45, 2.75) is 30.7 Å². The number of aromatic nitrogens is 3. The van der Waals surface area contributed by atoms with E-state index >= 15 is 0 Å². The first-order valence-electron chi connectivity index (χ1n) is 8.74. The quantitative estimate of drug-likeness (QED) is 0.425. The zero-order valence-corrected chi connectivity index (χ0v) is 16.6. The van der Waals surface area contributed by atoms with Crippen molar-refractivity contribution in [1.29, 1.82) is 0 Å². The predicted octanol–water partition coefficient (Wildman–Crippen LogP) is 4.64. The van der Waals surface area contributed by atoms with E-state index in [2.05, 4.69) is 15.3 Å². The van der Waals surface area contributed by atoms with E-state index in [1.807, 2.05) is 6.92 Å². The lowest BCUT2D eigenvalue weighted by atomic mass is 10.2. The molecule has 0 aliphatic carbocycles. The first kappa shape index (κ1) is 22.7. The van der Waals surface area contributed by atoms with Gasteiger partial charge in [-0.15, -0.1) is 11.8 Å². The van der Waals surface area contributed by atoms with Crippen LogP contribution in [-0.2, 0) is 23.6 Å². The summed E-state index contributed by atoms with van der Waals surface area (Å²) in [6, 6.07) is 3.43. The average Bonchev–Trinajstić information content (AvgIpc) is 2.98. The molecule has 0 saturated carbocycles. The molecule has 0 radical (unpaired) electrons. The molecule has 0 saturated heterocycles. The fourth-order valence-electron chi connectivity index (χ4n) is 2.74. The fourth-order valence-corrected chi connectivity index (χ4v) is 3.59. The van der Waals surface area contributed by atoms with Crippen molar-refractivity contribution in [2.75, 3.05) is 16.8 Å². The van der Waals surface area contributed by atoms with E-state index < -0.39 is 35.3 Å². The number of carbonyl (C=O) groups excluding carboxylic acids is 1. The lowest BCUT2D eigenvalue weighted by Crippen LogP contribution is -2.18. The van der Waals surface area contributed by atoms with Gasteiger partial charge in [-0.1, -0.05) is 6.92 Å². The number of carbonyl (C=O) groups is 1. The molecule has 3 rings (SSSR count). The summed E-state index contributed by atoms with van der Waals surface area (Å²) in [4.78, 5) is 19.8. The first-order valence-corrected chi connectivity index (χ1v) is 9.73. The summed E-state index contributed by atoms with van der Waals surface area (Å²) < 4.78 is 78.4. The van der Waals surface area contributed by atoms with Gasteiger partial charge in [0, 0.05) is 6.20 Å². The zero-order valence-electron chi connectivity index (χ0n) is 15.8. The highest BCUT2D eigenvalue weighted by Crippen LogP contribution is 2.33. The molecule has 3 aromatic rings. The van der Waals surface area contributed by atoms with Crippen molar-refractivity contribution in [3.05, 3.63) is 47.4 Å². The highest BCUT2D eigenvalue weighted by Gasteiger charge is 2.33. The molecule has 0 unspecified atom stereocenters. The molecule has 3 aromatic heterocycles. The van der Waals surface area contributed by atoms with Gasteiger partial charge in [0.2, 0.25) is 5.91 Å². The number of halogens is 6. The summed E-state index contributed by atoms with van der Waals surface area (Å²) in [5, 5.41) is 2.84. The molecule has 13 heteroatoms. The normalized spacial score (nSPS) is 12.4. The molecule has 31 heavy (non-hydrogen) atoms. The highest BCUT2D eigenvalue weighted by molar-refractivity contribution is 7.99. The van der Waals surface area contributed by atoms with Crippen molar-refractivity contribution in [3.63, 3.8) is 0 Å². The van der Waals surface area contributed by atoms with Gasteiger partial charge in [-0.3, -0.25) is 9.20 Å². The number of nitrogens with two attached hydrogens (primary N) is 1. The number of alkyl halides is 6. The summed E-state index contributed by atoms with van der Waals surface area (Å²) in [6.45, 7) is 1.83. The molecule has 0 spiro atoms. The van der Waals surface area contributed by atoms with Crippen LogP contribution in [0.25, 0.3) is 5.65 Å². The second-order valence-electron chi connectivity index (χ2n) is 6.29. The molecule has 0 aliphatic rings. The number of nitrogens with one attached hydrogen (secondary N) is 1. The third-order valence-corrected chi connectivity index (χ3v) is 5.07.